The molecule has 2 atom stereocenters. The number of carbonyl (C=O) groups excluding carboxylic acids is 2. The van der Waals surface area contributed by atoms with E-state index in [-0.39, 0.29) is 16.4 Å². The predicted octanol–water partition coefficient (Wildman–Crippen LogP) is 3.43. The molecule has 2 aromatic rings. The second-order valence-corrected chi connectivity index (χ2v) is 6.44. The summed E-state index contributed by atoms with van der Waals surface area (Å²) in [6, 6.07) is 9.94. The molecule has 1 saturated heterocycles. The summed E-state index contributed by atoms with van der Waals surface area (Å²) in [6.07, 6.45) is -1.06. The summed E-state index contributed by atoms with van der Waals surface area (Å²) in [4.78, 5) is 31.6. The van der Waals surface area contributed by atoms with Gasteiger partial charge in [0, 0.05) is 10.6 Å². The quantitative estimate of drug-likeness (QED) is 0.752. The van der Waals surface area contributed by atoms with E-state index in [1.807, 2.05) is 0 Å². The SMILES string of the molecule is O=C1[C@H]2C(c3ccc(F)cc3)=NO[C@@H]2C(=O)N1c1ccc(Cl)cc1Cl. The van der Waals surface area contributed by atoms with E-state index in [2.05, 4.69) is 5.16 Å². The van der Waals surface area contributed by atoms with Crippen molar-refractivity contribution in [3.8, 4) is 0 Å². The first-order valence-corrected chi connectivity index (χ1v) is 8.05. The average molecular weight is 379 g/mol. The van der Waals surface area contributed by atoms with Crippen LogP contribution in [0.15, 0.2) is 47.6 Å². The van der Waals surface area contributed by atoms with Crippen LogP contribution in [0.1, 0.15) is 5.56 Å². The topological polar surface area (TPSA) is 59.0 Å². The number of fused-ring (bicyclic) bond motifs is 1. The fourth-order valence-electron chi connectivity index (χ4n) is 2.94. The average Bonchev–Trinajstić information content (AvgIpc) is 3.11. The van der Waals surface area contributed by atoms with Gasteiger partial charge in [-0.25, -0.2) is 9.29 Å². The van der Waals surface area contributed by atoms with Crippen molar-refractivity contribution in [2.75, 3.05) is 4.90 Å². The molecule has 8 heteroatoms. The Labute approximate surface area is 151 Å². The number of anilines is 1. The first kappa shape index (κ1) is 16.1. The molecule has 0 radical (unpaired) electrons. The third-order valence-electron chi connectivity index (χ3n) is 4.10. The molecule has 2 aliphatic rings. The molecule has 4 rings (SSSR count). The third-order valence-corrected chi connectivity index (χ3v) is 4.64. The van der Waals surface area contributed by atoms with Crippen LogP contribution in [-0.4, -0.2) is 23.6 Å². The second-order valence-electron chi connectivity index (χ2n) is 5.59. The highest BCUT2D eigenvalue weighted by Gasteiger charge is 2.56. The van der Waals surface area contributed by atoms with E-state index >= 15 is 0 Å². The number of benzene rings is 2. The maximum atomic E-state index is 13.1. The van der Waals surface area contributed by atoms with E-state index < -0.39 is 29.7 Å². The molecule has 126 valence electrons. The van der Waals surface area contributed by atoms with Gasteiger partial charge in [-0.15, -0.1) is 0 Å². The Morgan fingerprint density at radius 2 is 1.76 bits per heavy atom. The van der Waals surface area contributed by atoms with Crippen molar-refractivity contribution in [1.29, 1.82) is 0 Å². The summed E-state index contributed by atoms with van der Waals surface area (Å²) < 4.78 is 13.1. The van der Waals surface area contributed by atoms with E-state index in [9.17, 15) is 14.0 Å². The van der Waals surface area contributed by atoms with Crippen LogP contribution in [-0.2, 0) is 14.4 Å². The highest BCUT2D eigenvalue weighted by atomic mass is 35.5. The Balaban J connectivity index is 1.72. The van der Waals surface area contributed by atoms with Gasteiger partial charge in [0.15, 0.2) is 0 Å². The summed E-state index contributed by atoms with van der Waals surface area (Å²) >= 11 is 12.0. The van der Waals surface area contributed by atoms with Crippen molar-refractivity contribution < 1.29 is 18.8 Å². The molecule has 2 amide bonds. The van der Waals surface area contributed by atoms with E-state index in [4.69, 9.17) is 28.0 Å². The van der Waals surface area contributed by atoms with Crippen molar-refractivity contribution in [1.82, 2.24) is 0 Å². The summed E-state index contributed by atoms with van der Waals surface area (Å²) in [5, 5.41) is 4.42. The van der Waals surface area contributed by atoms with Gasteiger partial charge in [-0.2, -0.15) is 0 Å². The number of imide groups is 1. The number of carbonyl (C=O) groups is 2. The van der Waals surface area contributed by atoms with E-state index in [0.29, 0.717) is 10.6 Å². The Morgan fingerprint density at radius 3 is 2.44 bits per heavy atom. The Hall–Kier alpha value is -2.44. The van der Waals surface area contributed by atoms with Crippen LogP contribution < -0.4 is 4.90 Å². The maximum Gasteiger partial charge on any atom is 0.279 e. The third kappa shape index (κ3) is 2.49. The van der Waals surface area contributed by atoms with Gasteiger partial charge in [-0.3, -0.25) is 9.59 Å². The Bertz CT molecular complexity index is 930. The number of amides is 2. The number of halogens is 3. The molecule has 2 heterocycles. The molecule has 0 aliphatic carbocycles. The van der Waals surface area contributed by atoms with Gasteiger partial charge in [-0.1, -0.05) is 40.5 Å². The van der Waals surface area contributed by atoms with Crippen LogP contribution in [0.25, 0.3) is 0 Å². The molecule has 0 bridgehead atoms. The molecule has 1 fully saturated rings. The normalized spacial score (nSPS) is 22.0. The summed E-state index contributed by atoms with van der Waals surface area (Å²) in [7, 11) is 0. The minimum atomic E-state index is -1.06. The molecular formula is C17H9Cl2FN2O3. The van der Waals surface area contributed by atoms with Crippen LogP contribution in [0.5, 0.6) is 0 Å². The molecule has 5 nitrogen and oxygen atoms in total. The zero-order valence-corrected chi connectivity index (χ0v) is 14.0. The maximum absolute atomic E-state index is 13.1. The van der Waals surface area contributed by atoms with Gasteiger partial charge in [0.25, 0.3) is 5.91 Å². The lowest BCUT2D eigenvalue weighted by molar-refractivity contribution is -0.126. The van der Waals surface area contributed by atoms with Crippen molar-refractivity contribution in [3.05, 3.63) is 63.9 Å². The lowest BCUT2D eigenvalue weighted by atomic mass is 9.94. The van der Waals surface area contributed by atoms with Gasteiger partial charge in [0.1, 0.15) is 17.4 Å². The van der Waals surface area contributed by atoms with E-state index in [1.54, 1.807) is 0 Å². The Kier molecular flexibility index (Phi) is 3.74. The molecule has 0 saturated carbocycles. The summed E-state index contributed by atoms with van der Waals surface area (Å²) in [5.74, 6) is -2.37. The van der Waals surface area contributed by atoms with Crippen molar-refractivity contribution in [2.45, 2.75) is 6.10 Å². The standard InChI is InChI=1S/C17H9Cl2FN2O3/c18-9-3-6-12(11(19)7-9)22-16(23)13-14(21-25-15(13)17(22)24)8-1-4-10(20)5-2-8/h1-7,13,15H/t13-,15-/m0/s1. The zero-order valence-electron chi connectivity index (χ0n) is 12.4. The minimum Gasteiger partial charge on any atom is -0.381 e. The van der Waals surface area contributed by atoms with E-state index in [0.717, 1.165) is 4.90 Å². The highest BCUT2D eigenvalue weighted by Crippen LogP contribution is 2.38. The van der Waals surface area contributed by atoms with Gasteiger partial charge in [0.2, 0.25) is 12.0 Å². The molecule has 2 aromatic carbocycles. The largest absolute Gasteiger partial charge is 0.381 e. The molecule has 0 aromatic heterocycles. The lowest BCUT2D eigenvalue weighted by Crippen LogP contribution is -2.33. The first-order chi connectivity index (χ1) is 12.0. The predicted molar refractivity (Wildman–Crippen MR) is 90.3 cm³/mol. The number of oxime groups is 1. The van der Waals surface area contributed by atoms with Crippen molar-refractivity contribution in [2.24, 2.45) is 11.1 Å². The number of hydrogen-bond donors (Lipinski definition) is 0. The van der Waals surface area contributed by atoms with Crippen LogP contribution >= 0.6 is 23.2 Å². The fourth-order valence-corrected chi connectivity index (χ4v) is 3.43. The molecule has 0 spiro atoms. The van der Waals surface area contributed by atoms with Crippen molar-refractivity contribution >= 4 is 46.4 Å². The summed E-state index contributed by atoms with van der Waals surface area (Å²) in [5.41, 5.74) is 1.03. The lowest BCUT2D eigenvalue weighted by Gasteiger charge is -2.17. The van der Waals surface area contributed by atoms with Crippen LogP contribution in [0.4, 0.5) is 10.1 Å². The molecule has 0 N–H and O–H groups in total. The Morgan fingerprint density at radius 1 is 1.04 bits per heavy atom. The van der Waals surface area contributed by atoms with Gasteiger partial charge >= 0.3 is 0 Å². The van der Waals surface area contributed by atoms with Gasteiger partial charge < -0.3 is 4.84 Å². The van der Waals surface area contributed by atoms with Crippen LogP contribution in [0.2, 0.25) is 10.0 Å². The molecule has 25 heavy (non-hydrogen) atoms. The number of nitrogens with zero attached hydrogens (tertiary/aromatic N) is 2. The van der Waals surface area contributed by atoms with Gasteiger partial charge in [-0.05, 0) is 30.3 Å². The van der Waals surface area contributed by atoms with Crippen LogP contribution in [0.3, 0.4) is 0 Å². The fraction of sp³-hybridized carbons (Fsp3) is 0.118. The van der Waals surface area contributed by atoms with Crippen molar-refractivity contribution in [3.63, 3.8) is 0 Å². The monoisotopic (exact) mass is 378 g/mol. The van der Waals surface area contributed by atoms with Gasteiger partial charge in [0.05, 0.1) is 10.7 Å². The first-order valence-electron chi connectivity index (χ1n) is 7.30. The molecular weight excluding hydrogens is 370 g/mol. The zero-order chi connectivity index (χ0) is 17.7. The van der Waals surface area contributed by atoms with E-state index in [1.165, 1.54) is 42.5 Å². The molecule has 2 aliphatic heterocycles. The number of hydrogen-bond acceptors (Lipinski definition) is 4. The van der Waals surface area contributed by atoms with Crippen LogP contribution in [0, 0.1) is 11.7 Å². The highest BCUT2D eigenvalue weighted by molar-refractivity contribution is 6.39. The number of rotatable bonds is 2. The second kappa shape index (κ2) is 5.82. The molecule has 0 unspecified atom stereocenters. The minimum absolute atomic E-state index is 0.175. The smallest absolute Gasteiger partial charge is 0.279 e. The summed E-state index contributed by atoms with van der Waals surface area (Å²) in [6.45, 7) is 0.